The summed E-state index contributed by atoms with van der Waals surface area (Å²) < 4.78 is 11.1. The maximum Gasteiger partial charge on any atom is 0.227 e. The summed E-state index contributed by atoms with van der Waals surface area (Å²) in [5, 5.41) is 3.16. The SMILES string of the molecule is CCC[C@@H]1C[C@@H]1NC(=O)[C@H](C)c1ccc2c(c1)OCCO2. The van der Waals surface area contributed by atoms with Gasteiger partial charge in [0, 0.05) is 6.04 Å². The molecule has 3 rings (SSSR count). The molecule has 1 fully saturated rings. The molecule has 1 saturated carbocycles. The zero-order valence-electron chi connectivity index (χ0n) is 12.7. The first-order valence-corrected chi connectivity index (χ1v) is 7.89. The fraction of sp³-hybridized carbons (Fsp3) is 0.588. The van der Waals surface area contributed by atoms with E-state index in [2.05, 4.69) is 12.2 Å². The van der Waals surface area contributed by atoms with E-state index in [1.807, 2.05) is 25.1 Å². The Labute approximate surface area is 125 Å². The lowest BCUT2D eigenvalue weighted by Crippen LogP contribution is -2.31. The topological polar surface area (TPSA) is 47.6 Å². The van der Waals surface area contributed by atoms with Crippen molar-refractivity contribution in [2.75, 3.05) is 13.2 Å². The van der Waals surface area contributed by atoms with Crippen molar-refractivity contribution < 1.29 is 14.3 Å². The number of rotatable bonds is 5. The van der Waals surface area contributed by atoms with Gasteiger partial charge in [0.15, 0.2) is 11.5 Å². The fourth-order valence-corrected chi connectivity index (χ4v) is 2.90. The van der Waals surface area contributed by atoms with Crippen LogP contribution in [0.1, 0.15) is 44.6 Å². The quantitative estimate of drug-likeness (QED) is 0.906. The third kappa shape index (κ3) is 3.14. The molecule has 0 bridgehead atoms. The van der Waals surface area contributed by atoms with Crippen LogP contribution in [0.5, 0.6) is 11.5 Å². The molecule has 1 heterocycles. The fourth-order valence-electron chi connectivity index (χ4n) is 2.90. The highest BCUT2D eigenvalue weighted by Gasteiger charge is 2.38. The summed E-state index contributed by atoms with van der Waals surface area (Å²) in [6, 6.07) is 6.16. The zero-order valence-corrected chi connectivity index (χ0v) is 12.7. The second-order valence-electron chi connectivity index (χ2n) is 6.02. The summed E-state index contributed by atoms with van der Waals surface area (Å²) in [6.45, 7) is 5.29. The molecular formula is C17H23NO3. The molecule has 1 amide bonds. The summed E-state index contributed by atoms with van der Waals surface area (Å²) in [4.78, 5) is 12.3. The molecule has 3 atom stereocenters. The van der Waals surface area contributed by atoms with E-state index < -0.39 is 0 Å². The van der Waals surface area contributed by atoms with Gasteiger partial charge in [-0.1, -0.05) is 19.4 Å². The van der Waals surface area contributed by atoms with Crippen molar-refractivity contribution in [1.29, 1.82) is 0 Å². The minimum atomic E-state index is -0.163. The molecule has 21 heavy (non-hydrogen) atoms. The highest BCUT2D eigenvalue weighted by Crippen LogP contribution is 2.36. The van der Waals surface area contributed by atoms with Crippen LogP contribution in [-0.2, 0) is 4.79 Å². The monoisotopic (exact) mass is 289 g/mol. The molecule has 114 valence electrons. The lowest BCUT2D eigenvalue weighted by molar-refractivity contribution is -0.122. The lowest BCUT2D eigenvalue weighted by Gasteiger charge is -2.20. The van der Waals surface area contributed by atoms with Gasteiger partial charge in [0.05, 0.1) is 5.92 Å². The van der Waals surface area contributed by atoms with Crippen LogP contribution in [0.4, 0.5) is 0 Å². The normalized spacial score (nSPS) is 24.3. The summed E-state index contributed by atoms with van der Waals surface area (Å²) in [5.74, 6) is 2.14. The van der Waals surface area contributed by atoms with Crippen molar-refractivity contribution in [2.45, 2.75) is 45.1 Å². The largest absolute Gasteiger partial charge is 0.486 e. The van der Waals surface area contributed by atoms with Crippen molar-refractivity contribution >= 4 is 5.91 Å². The number of benzene rings is 1. The number of hydrogen-bond acceptors (Lipinski definition) is 3. The van der Waals surface area contributed by atoms with E-state index in [9.17, 15) is 4.79 Å². The molecule has 1 aromatic rings. The van der Waals surface area contributed by atoms with Crippen molar-refractivity contribution in [3.63, 3.8) is 0 Å². The van der Waals surface area contributed by atoms with Crippen molar-refractivity contribution in [3.05, 3.63) is 23.8 Å². The van der Waals surface area contributed by atoms with Gasteiger partial charge < -0.3 is 14.8 Å². The van der Waals surface area contributed by atoms with Crippen LogP contribution in [-0.4, -0.2) is 25.2 Å². The standard InChI is InChI=1S/C17H23NO3/c1-3-4-13-9-14(13)18-17(19)11(2)12-5-6-15-16(10-12)21-8-7-20-15/h5-6,10-11,13-14H,3-4,7-9H2,1-2H3,(H,18,19)/t11-,13-,14+/m1/s1. The van der Waals surface area contributed by atoms with Crippen molar-refractivity contribution in [3.8, 4) is 11.5 Å². The summed E-state index contributed by atoms with van der Waals surface area (Å²) in [7, 11) is 0. The molecule has 4 nitrogen and oxygen atoms in total. The first-order chi connectivity index (χ1) is 10.2. The van der Waals surface area contributed by atoms with E-state index in [4.69, 9.17) is 9.47 Å². The predicted octanol–water partition coefficient (Wildman–Crippen LogP) is 2.87. The van der Waals surface area contributed by atoms with Crippen molar-refractivity contribution in [2.24, 2.45) is 5.92 Å². The van der Waals surface area contributed by atoms with Crippen LogP contribution in [0.25, 0.3) is 0 Å². The van der Waals surface area contributed by atoms with Gasteiger partial charge in [-0.15, -0.1) is 0 Å². The van der Waals surface area contributed by atoms with E-state index >= 15 is 0 Å². The molecule has 0 spiro atoms. The van der Waals surface area contributed by atoms with Crippen LogP contribution in [0.2, 0.25) is 0 Å². The van der Waals surface area contributed by atoms with Crippen LogP contribution in [0, 0.1) is 5.92 Å². The maximum atomic E-state index is 12.3. The van der Waals surface area contributed by atoms with Gasteiger partial charge in [0.1, 0.15) is 13.2 Å². The van der Waals surface area contributed by atoms with Crippen molar-refractivity contribution in [1.82, 2.24) is 5.32 Å². The molecule has 0 saturated heterocycles. The number of ether oxygens (including phenoxy) is 2. The molecule has 1 aromatic carbocycles. The molecule has 0 aromatic heterocycles. The van der Waals surface area contributed by atoms with Crippen LogP contribution < -0.4 is 14.8 Å². The number of amides is 1. The van der Waals surface area contributed by atoms with Gasteiger partial charge in [0.25, 0.3) is 0 Å². The molecule has 1 N–H and O–H groups in total. The van der Waals surface area contributed by atoms with E-state index in [1.165, 1.54) is 12.8 Å². The maximum absolute atomic E-state index is 12.3. The van der Waals surface area contributed by atoms with Crippen LogP contribution in [0.3, 0.4) is 0 Å². The van der Waals surface area contributed by atoms with E-state index in [-0.39, 0.29) is 11.8 Å². The van der Waals surface area contributed by atoms with Gasteiger partial charge in [-0.05, 0) is 43.4 Å². The number of fused-ring (bicyclic) bond motifs is 1. The first-order valence-electron chi connectivity index (χ1n) is 7.89. The van der Waals surface area contributed by atoms with Gasteiger partial charge in [0.2, 0.25) is 5.91 Å². The third-order valence-corrected chi connectivity index (χ3v) is 4.37. The Kier molecular flexibility index (Phi) is 4.04. The number of carbonyl (C=O) groups is 1. The third-order valence-electron chi connectivity index (χ3n) is 4.37. The molecule has 4 heteroatoms. The number of nitrogens with one attached hydrogen (secondary N) is 1. The lowest BCUT2D eigenvalue weighted by atomic mass is 9.99. The highest BCUT2D eigenvalue weighted by molar-refractivity contribution is 5.84. The number of hydrogen-bond donors (Lipinski definition) is 1. The Morgan fingerprint density at radius 1 is 1.33 bits per heavy atom. The van der Waals surface area contributed by atoms with Gasteiger partial charge in [-0.25, -0.2) is 0 Å². The molecule has 0 radical (unpaired) electrons. The molecule has 2 aliphatic rings. The predicted molar refractivity (Wildman–Crippen MR) is 80.8 cm³/mol. The van der Waals surface area contributed by atoms with E-state index in [0.29, 0.717) is 25.2 Å². The Morgan fingerprint density at radius 3 is 2.86 bits per heavy atom. The second kappa shape index (κ2) is 5.96. The Balaban J connectivity index is 1.62. The second-order valence-corrected chi connectivity index (χ2v) is 6.02. The highest BCUT2D eigenvalue weighted by atomic mass is 16.6. The zero-order chi connectivity index (χ0) is 14.8. The van der Waals surface area contributed by atoms with Gasteiger partial charge >= 0.3 is 0 Å². The Morgan fingerprint density at radius 2 is 2.10 bits per heavy atom. The summed E-state index contributed by atoms with van der Waals surface area (Å²) in [6.07, 6.45) is 3.53. The van der Waals surface area contributed by atoms with Crippen LogP contribution >= 0.6 is 0 Å². The minimum Gasteiger partial charge on any atom is -0.486 e. The van der Waals surface area contributed by atoms with E-state index in [0.717, 1.165) is 23.5 Å². The van der Waals surface area contributed by atoms with Crippen LogP contribution in [0.15, 0.2) is 18.2 Å². The summed E-state index contributed by atoms with van der Waals surface area (Å²) >= 11 is 0. The molecular weight excluding hydrogens is 266 g/mol. The average Bonchev–Trinajstić information content (AvgIpc) is 3.24. The van der Waals surface area contributed by atoms with Gasteiger partial charge in [-0.2, -0.15) is 0 Å². The number of carbonyl (C=O) groups excluding carboxylic acids is 1. The van der Waals surface area contributed by atoms with Gasteiger partial charge in [-0.3, -0.25) is 4.79 Å². The smallest absolute Gasteiger partial charge is 0.227 e. The Bertz CT molecular complexity index is 529. The average molecular weight is 289 g/mol. The molecule has 0 unspecified atom stereocenters. The summed E-state index contributed by atoms with van der Waals surface area (Å²) in [5.41, 5.74) is 0.976. The molecule has 1 aliphatic carbocycles. The minimum absolute atomic E-state index is 0.107. The Hall–Kier alpha value is -1.71. The molecule has 1 aliphatic heterocycles. The van der Waals surface area contributed by atoms with E-state index in [1.54, 1.807) is 0 Å². The first kappa shape index (κ1) is 14.2.